The first-order valence-corrected chi connectivity index (χ1v) is 11.4. The van der Waals surface area contributed by atoms with Gasteiger partial charge in [-0.2, -0.15) is 23.4 Å². The molecular weight excluding hydrogens is 509 g/mol. The van der Waals surface area contributed by atoms with E-state index < -0.39 is 17.6 Å². The molecule has 0 saturated heterocycles. The summed E-state index contributed by atoms with van der Waals surface area (Å²) < 4.78 is 51.0. The Morgan fingerprint density at radius 3 is 2.68 bits per heavy atom. The van der Waals surface area contributed by atoms with Gasteiger partial charge in [0, 0.05) is 23.2 Å². The molecule has 0 atom stereocenters. The van der Waals surface area contributed by atoms with Crippen LogP contribution in [0.4, 0.5) is 13.2 Å². The van der Waals surface area contributed by atoms with Crippen LogP contribution in [0.3, 0.4) is 0 Å². The number of hydrogen-bond acceptors (Lipinski definition) is 6. The van der Waals surface area contributed by atoms with Crippen molar-refractivity contribution >= 4 is 11.6 Å². The highest BCUT2D eigenvalue weighted by Crippen LogP contribution is 2.33. The van der Waals surface area contributed by atoms with Crippen molar-refractivity contribution in [3.8, 4) is 34.7 Å². The average molecular weight is 525 g/mol. The predicted octanol–water partition coefficient (Wildman–Crippen LogP) is 5.78. The number of fused-ring (bicyclic) bond motifs is 3. The van der Waals surface area contributed by atoms with E-state index >= 15 is 0 Å². The first-order chi connectivity index (χ1) is 17.7. The summed E-state index contributed by atoms with van der Waals surface area (Å²) in [5, 5.41) is 10.2. The quantitative estimate of drug-likeness (QED) is 0.329. The second kappa shape index (κ2) is 9.59. The smallest absolute Gasteiger partial charge is 0.433 e. The van der Waals surface area contributed by atoms with Gasteiger partial charge in [-0.05, 0) is 53.9 Å². The van der Waals surface area contributed by atoms with Gasteiger partial charge in [-0.15, -0.1) is 0 Å². The summed E-state index contributed by atoms with van der Waals surface area (Å²) in [5.41, 5.74) is 1.86. The summed E-state index contributed by atoms with van der Waals surface area (Å²) in [6.07, 6.45) is -2.96. The number of ether oxygens (including phenoxy) is 2. The Morgan fingerprint density at radius 1 is 1.11 bits per heavy atom. The minimum absolute atomic E-state index is 0.0141. The molecule has 0 fully saturated rings. The maximum absolute atomic E-state index is 12.7. The zero-order chi connectivity index (χ0) is 26.2. The van der Waals surface area contributed by atoms with E-state index in [4.69, 9.17) is 21.1 Å². The number of pyridine rings is 1. The van der Waals surface area contributed by atoms with Crippen LogP contribution in [0.1, 0.15) is 22.4 Å². The molecule has 7 nitrogen and oxygen atoms in total. The average Bonchev–Trinajstić information content (AvgIpc) is 2.87. The molecular formula is C26H16ClF3N4O3. The van der Waals surface area contributed by atoms with Crippen LogP contribution in [0, 0.1) is 11.3 Å². The number of aryl methyl sites for hydroxylation is 1. The van der Waals surface area contributed by atoms with Crippen molar-refractivity contribution in [3.05, 3.63) is 98.7 Å². The lowest BCUT2D eigenvalue weighted by Gasteiger charge is -2.21. The fraction of sp³-hybridized carbons (Fsp3) is 0.154. The molecule has 0 amide bonds. The molecule has 11 heteroatoms. The van der Waals surface area contributed by atoms with Gasteiger partial charge in [-0.25, -0.2) is 9.78 Å². The van der Waals surface area contributed by atoms with Gasteiger partial charge in [0.25, 0.3) is 0 Å². The van der Waals surface area contributed by atoms with E-state index in [1.54, 1.807) is 22.8 Å². The van der Waals surface area contributed by atoms with Crippen LogP contribution >= 0.6 is 11.6 Å². The highest BCUT2D eigenvalue weighted by atomic mass is 35.5. The Kier molecular flexibility index (Phi) is 6.31. The van der Waals surface area contributed by atoms with Crippen LogP contribution in [-0.2, 0) is 25.7 Å². The zero-order valence-corrected chi connectivity index (χ0v) is 19.7. The number of alkyl halides is 3. The van der Waals surface area contributed by atoms with Crippen LogP contribution in [0.15, 0.2) is 65.6 Å². The Balaban J connectivity index is 1.33. The van der Waals surface area contributed by atoms with Crippen molar-refractivity contribution in [2.45, 2.75) is 25.7 Å². The molecule has 0 spiro atoms. The van der Waals surface area contributed by atoms with Gasteiger partial charge in [-0.3, -0.25) is 4.57 Å². The first-order valence-electron chi connectivity index (χ1n) is 11.0. The molecule has 0 N–H and O–H groups in total. The molecule has 0 saturated carbocycles. The molecule has 186 valence electrons. The van der Waals surface area contributed by atoms with Crippen molar-refractivity contribution in [1.82, 2.24) is 14.5 Å². The second-order valence-corrected chi connectivity index (χ2v) is 8.61. The summed E-state index contributed by atoms with van der Waals surface area (Å²) in [6, 6.07) is 15.8. The summed E-state index contributed by atoms with van der Waals surface area (Å²) in [4.78, 5) is 19.9. The number of benzene rings is 2. The Labute approximate surface area is 213 Å². The summed E-state index contributed by atoms with van der Waals surface area (Å²) in [6.45, 7) is 0.496. The second-order valence-electron chi connectivity index (χ2n) is 8.18. The van der Waals surface area contributed by atoms with Crippen molar-refractivity contribution in [3.63, 3.8) is 0 Å². The molecule has 5 rings (SSSR count). The lowest BCUT2D eigenvalue weighted by Crippen LogP contribution is -2.28. The van der Waals surface area contributed by atoms with Crippen LogP contribution in [0.2, 0.25) is 5.02 Å². The number of nitriles is 1. The van der Waals surface area contributed by atoms with E-state index in [0.29, 0.717) is 29.2 Å². The Bertz CT molecular complexity index is 1600. The van der Waals surface area contributed by atoms with Gasteiger partial charge in [0.2, 0.25) is 5.88 Å². The molecule has 0 aliphatic carbocycles. The third kappa shape index (κ3) is 5.13. The van der Waals surface area contributed by atoms with Crippen molar-refractivity contribution in [2.75, 3.05) is 0 Å². The molecule has 37 heavy (non-hydrogen) atoms. The van der Waals surface area contributed by atoms with Crippen LogP contribution in [0.25, 0.3) is 11.3 Å². The molecule has 2 aromatic heterocycles. The van der Waals surface area contributed by atoms with Crippen molar-refractivity contribution < 1.29 is 22.6 Å². The topological polar surface area (TPSA) is 90.0 Å². The van der Waals surface area contributed by atoms with Gasteiger partial charge in [0.1, 0.15) is 29.9 Å². The van der Waals surface area contributed by atoms with E-state index in [1.807, 2.05) is 18.2 Å². The Hall–Kier alpha value is -4.36. The van der Waals surface area contributed by atoms with Crippen LogP contribution in [0.5, 0.6) is 17.4 Å². The fourth-order valence-electron chi connectivity index (χ4n) is 3.99. The standard InChI is InChI=1S/C26H16ClF3N4O3/c27-18-2-4-20-16(10-18)7-8-34-21(20)11-24(33-25(34)35)36-14-15-1-5-22(17(9-15)12-31)37-19-3-6-23(32-13-19)26(28,29)30/h1-6,9-11,13H,7-8,14H2. The number of hydrogen-bond donors (Lipinski definition) is 0. The summed E-state index contributed by atoms with van der Waals surface area (Å²) in [5.74, 6) is 0.329. The van der Waals surface area contributed by atoms with Gasteiger partial charge >= 0.3 is 11.9 Å². The SMILES string of the molecule is N#Cc1cc(COc2cc3n(c(=O)n2)CCc2cc(Cl)ccc2-3)ccc1Oc1ccc(C(F)(F)F)nc1. The van der Waals surface area contributed by atoms with E-state index in [9.17, 15) is 23.2 Å². The maximum Gasteiger partial charge on any atom is 0.433 e. The van der Waals surface area contributed by atoms with E-state index in [0.717, 1.165) is 29.5 Å². The number of halogens is 4. The molecule has 4 aromatic rings. The molecule has 0 bridgehead atoms. The number of aromatic nitrogens is 3. The fourth-order valence-corrected chi connectivity index (χ4v) is 4.18. The number of rotatable bonds is 5. The first kappa shape index (κ1) is 24.3. The minimum Gasteiger partial charge on any atom is -0.473 e. The third-order valence-corrected chi connectivity index (χ3v) is 5.98. The molecule has 1 aliphatic rings. The lowest BCUT2D eigenvalue weighted by molar-refractivity contribution is -0.141. The molecule has 0 radical (unpaired) electrons. The van der Waals surface area contributed by atoms with E-state index in [1.165, 1.54) is 12.1 Å². The van der Waals surface area contributed by atoms with E-state index in [2.05, 4.69) is 9.97 Å². The van der Waals surface area contributed by atoms with E-state index in [-0.39, 0.29) is 29.5 Å². The minimum atomic E-state index is -4.56. The molecule has 2 aromatic carbocycles. The maximum atomic E-state index is 12.7. The number of nitrogens with zero attached hydrogens (tertiary/aromatic N) is 4. The van der Waals surface area contributed by atoms with Crippen LogP contribution in [-0.4, -0.2) is 14.5 Å². The molecule has 1 aliphatic heterocycles. The predicted molar refractivity (Wildman–Crippen MR) is 127 cm³/mol. The normalized spacial score (nSPS) is 12.3. The van der Waals surface area contributed by atoms with Gasteiger partial charge in [0.05, 0.1) is 17.5 Å². The third-order valence-electron chi connectivity index (χ3n) is 5.74. The van der Waals surface area contributed by atoms with Crippen LogP contribution < -0.4 is 15.2 Å². The largest absolute Gasteiger partial charge is 0.473 e. The van der Waals surface area contributed by atoms with Gasteiger partial charge in [0.15, 0.2) is 0 Å². The van der Waals surface area contributed by atoms with Crippen molar-refractivity contribution in [2.24, 2.45) is 0 Å². The molecule has 3 heterocycles. The molecule has 0 unspecified atom stereocenters. The van der Waals surface area contributed by atoms with Gasteiger partial charge in [-0.1, -0.05) is 23.7 Å². The van der Waals surface area contributed by atoms with Crippen molar-refractivity contribution in [1.29, 1.82) is 5.26 Å². The monoisotopic (exact) mass is 524 g/mol. The summed E-state index contributed by atoms with van der Waals surface area (Å²) >= 11 is 6.11. The zero-order valence-electron chi connectivity index (χ0n) is 18.9. The van der Waals surface area contributed by atoms with Gasteiger partial charge < -0.3 is 9.47 Å². The highest BCUT2D eigenvalue weighted by Gasteiger charge is 2.32. The summed E-state index contributed by atoms with van der Waals surface area (Å²) in [7, 11) is 0. The Morgan fingerprint density at radius 2 is 1.95 bits per heavy atom. The lowest BCUT2D eigenvalue weighted by atomic mass is 9.98. The highest BCUT2D eigenvalue weighted by molar-refractivity contribution is 6.30.